The molecule has 3 N–H and O–H groups in total. The van der Waals surface area contributed by atoms with Gasteiger partial charge in [-0.3, -0.25) is 9.59 Å². The van der Waals surface area contributed by atoms with E-state index in [0.717, 1.165) is 30.4 Å². The van der Waals surface area contributed by atoms with Crippen molar-refractivity contribution in [1.29, 1.82) is 0 Å². The van der Waals surface area contributed by atoms with Gasteiger partial charge in [0.25, 0.3) is 0 Å². The second-order valence-corrected chi connectivity index (χ2v) is 9.31. The zero-order valence-corrected chi connectivity index (χ0v) is 19.5. The van der Waals surface area contributed by atoms with E-state index in [2.05, 4.69) is 34.9 Å². The van der Waals surface area contributed by atoms with Gasteiger partial charge < -0.3 is 20.5 Å². The van der Waals surface area contributed by atoms with E-state index >= 15 is 0 Å². The molecule has 0 heterocycles. The summed E-state index contributed by atoms with van der Waals surface area (Å²) in [7, 11) is 0. The van der Waals surface area contributed by atoms with Gasteiger partial charge in [0.1, 0.15) is 6.61 Å². The minimum Gasteiger partial charge on any atom is -0.481 e. The third-order valence-electron chi connectivity index (χ3n) is 7.00. The molecule has 2 amide bonds. The van der Waals surface area contributed by atoms with Crippen molar-refractivity contribution in [2.45, 2.75) is 51.0 Å². The fourth-order valence-electron chi connectivity index (χ4n) is 5.06. The Morgan fingerprint density at radius 3 is 2.24 bits per heavy atom. The first-order valence-electron chi connectivity index (χ1n) is 12.1. The van der Waals surface area contributed by atoms with Gasteiger partial charge in [0.15, 0.2) is 0 Å². The van der Waals surface area contributed by atoms with Crippen LogP contribution in [-0.2, 0) is 14.3 Å². The molecule has 2 aliphatic rings. The Bertz CT molecular complexity index is 1010. The number of hydrogen-bond donors (Lipinski definition) is 3. The molecule has 4 rings (SSSR count). The minimum atomic E-state index is -0.950. The summed E-state index contributed by atoms with van der Waals surface area (Å²) in [6.45, 7) is 1.85. The van der Waals surface area contributed by atoms with Gasteiger partial charge in [-0.1, -0.05) is 74.7 Å². The molecule has 2 aliphatic carbocycles. The van der Waals surface area contributed by atoms with Crippen LogP contribution in [0.1, 0.15) is 56.1 Å². The Morgan fingerprint density at radius 2 is 1.59 bits per heavy atom. The molecule has 0 spiro atoms. The molecule has 2 aromatic carbocycles. The van der Waals surface area contributed by atoms with Crippen LogP contribution in [0.5, 0.6) is 0 Å². The number of carboxylic acids is 1. The minimum absolute atomic E-state index is 0.0242. The van der Waals surface area contributed by atoms with Crippen LogP contribution in [0, 0.1) is 11.8 Å². The van der Waals surface area contributed by atoms with Crippen molar-refractivity contribution in [2.75, 3.05) is 13.2 Å². The Hall–Kier alpha value is -3.35. The number of amides is 2. The van der Waals surface area contributed by atoms with E-state index in [1.165, 1.54) is 11.1 Å². The average Bonchev–Trinajstić information content (AvgIpc) is 2.97. The molecule has 34 heavy (non-hydrogen) atoms. The summed E-state index contributed by atoms with van der Waals surface area (Å²) in [6.07, 6.45) is 3.64. The van der Waals surface area contributed by atoms with E-state index in [4.69, 9.17) is 9.84 Å². The van der Waals surface area contributed by atoms with Crippen molar-refractivity contribution in [1.82, 2.24) is 10.6 Å². The quantitative estimate of drug-likeness (QED) is 0.530. The van der Waals surface area contributed by atoms with Crippen molar-refractivity contribution in [3.8, 4) is 11.1 Å². The van der Waals surface area contributed by atoms with Crippen molar-refractivity contribution >= 4 is 18.0 Å². The lowest BCUT2D eigenvalue weighted by Crippen LogP contribution is -2.47. The standard InChI is InChI=1S/C27H32N2O5/c1-17(26(31)32)15-28-25(30)22-13-3-2-4-14-24(22)29-27(33)34-16-23-20-11-7-5-9-18(20)19-10-6-8-12-21(19)23/h5-12,17,22-24H,2-4,13-16H2,1H3,(H,28,30)(H,29,33)(H,31,32)/t17?,22-,24+/m1/s1. The Kier molecular flexibility index (Phi) is 7.50. The number of fused-ring (bicyclic) bond motifs is 3. The fourth-order valence-corrected chi connectivity index (χ4v) is 5.06. The predicted octanol–water partition coefficient (Wildman–Crippen LogP) is 4.31. The second kappa shape index (κ2) is 10.7. The van der Waals surface area contributed by atoms with Crippen LogP contribution in [0.2, 0.25) is 0 Å². The van der Waals surface area contributed by atoms with Gasteiger partial charge in [0.2, 0.25) is 5.91 Å². The fraction of sp³-hybridized carbons (Fsp3) is 0.444. The smallest absolute Gasteiger partial charge is 0.407 e. The van der Waals surface area contributed by atoms with Gasteiger partial charge in [-0.2, -0.15) is 0 Å². The topological polar surface area (TPSA) is 105 Å². The largest absolute Gasteiger partial charge is 0.481 e. The molecule has 7 nitrogen and oxygen atoms in total. The van der Waals surface area contributed by atoms with Crippen LogP contribution < -0.4 is 10.6 Å². The third kappa shape index (κ3) is 5.24. The lowest BCUT2D eigenvalue weighted by atomic mass is 9.93. The molecule has 1 unspecified atom stereocenters. The number of rotatable bonds is 7. The van der Waals surface area contributed by atoms with Crippen LogP contribution in [0.25, 0.3) is 11.1 Å². The number of carbonyl (C=O) groups excluding carboxylic acids is 2. The van der Waals surface area contributed by atoms with Gasteiger partial charge in [0.05, 0.1) is 11.8 Å². The molecule has 1 saturated carbocycles. The molecule has 0 saturated heterocycles. The summed E-state index contributed by atoms with van der Waals surface area (Å²) >= 11 is 0. The highest BCUT2D eigenvalue weighted by molar-refractivity contribution is 5.81. The first-order chi connectivity index (χ1) is 16.5. The predicted molar refractivity (Wildman–Crippen MR) is 128 cm³/mol. The molecular weight excluding hydrogens is 432 g/mol. The number of carbonyl (C=O) groups is 3. The monoisotopic (exact) mass is 464 g/mol. The molecule has 0 radical (unpaired) electrons. The summed E-state index contributed by atoms with van der Waals surface area (Å²) < 4.78 is 5.68. The molecule has 7 heteroatoms. The van der Waals surface area contributed by atoms with Crippen LogP contribution in [-0.4, -0.2) is 42.3 Å². The first kappa shape index (κ1) is 23.8. The number of ether oxygens (including phenoxy) is 1. The van der Waals surface area contributed by atoms with E-state index in [9.17, 15) is 14.4 Å². The highest BCUT2D eigenvalue weighted by Crippen LogP contribution is 2.44. The number of nitrogens with one attached hydrogen (secondary N) is 2. The van der Waals surface area contributed by atoms with Gasteiger partial charge in [-0.05, 0) is 35.1 Å². The maximum Gasteiger partial charge on any atom is 0.407 e. The molecule has 1 fully saturated rings. The summed E-state index contributed by atoms with van der Waals surface area (Å²) in [6, 6.07) is 16.0. The Morgan fingerprint density at radius 1 is 0.971 bits per heavy atom. The SMILES string of the molecule is CC(CNC(=O)[C@@H]1CCCCC[C@@H]1NC(=O)OCC1c2ccccc2-c2ccccc21)C(=O)O. The van der Waals surface area contributed by atoms with Crippen molar-refractivity contribution < 1.29 is 24.2 Å². The summed E-state index contributed by atoms with van der Waals surface area (Å²) in [5.74, 6) is -2.25. The normalized spacial score (nSPS) is 20.4. The molecule has 180 valence electrons. The van der Waals surface area contributed by atoms with E-state index in [0.29, 0.717) is 12.8 Å². The van der Waals surface area contributed by atoms with Crippen LogP contribution in [0.15, 0.2) is 48.5 Å². The highest BCUT2D eigenvalue weighted by atomic mass is 16.5. The third-order valence-corrected chi connectivity index (χ3v) is 7.00. The Labute approximate surface area is 199 Å². The summed E-state index contributed by atoms with van der Waals surface area (Å²) in [5.41, 5.74) is 4.64. The maximum atomic E-state index is 12.8. The average molecular weight is 465 g/mol. The number of benzene rings is 2. The molecule has 3 atom stereocenters. The van der Waals surface area contributed by atoms with E-state index in [1.807, 2.05) is 24.3 Å². The number of aliphatic carboxylic acids is 1. The number of alkyl carbamates (subject to hydrolysis) is 1. The van der Waals surface area contributed by atoms with Gasteiger partial charge in [0, 0.05) is 18.5 Å². The van der Waals surface area contributed by atoms with Gasteiger partial charge >= 0.3 is 12.1 Å². The van der Waals surface area contributed by atoms with Crippen molar-refractivity contribution in [3.05, 3.63) is 59.7 Å². The lowest BCUT2D eigenvalue weighted by molar-refractivity contribution is -0.141. The van der Waals surface area contributed by atoms with E-state index in [1.54, 1.807) is 6.92 Å². The van der Waals surface area contributed by atoms with E-state index in [-0.39, 0.29) is 31.0 Å². The first-order valence-corrected chi connectivity index (χ1v) is 12.1. The van der Waals surface area contributed by atoms with E-state index < -0.39 is 23.9 Å². The van der Waals surface area contributed by atoms with Gasteiger partial charge in [-0.25, -0.2) is 4.79 Å². The van der Waals surface area contributed by atoms with Crippen molar-refractivity contribution in [2.24, 2.45) is 11.8 Å². The molecule has 2 aromatic rings. The zero-order chi connectivity index (χ0) is 24.1. The molecule has 0 aliphatic heterocycles. The number of carboxylic acid groups (broad SMARTS) is 1. The lowest BCUT2D eigenvalue weighted by Gasteiger charge is -2.26. The summed E-state index contributed by atoms with van der Waals surface area (Å²) in [4.78, 5) is 36.7. The van der Waals surface area contributed by atoms with Crippen LogP contribution >= 0.6 is 0 Å². The molecular formula is C27H32N2O5. The number of hydrogen-bond acceptors (Lipinski definition) is 4. The second-order valence-electron chi connectivity index (χ2n) is 9.31. The van der Waals surface area contributed by atoms with Crippen molar-refractivity contribution in [3.63, 3.8) is 0 Å². The van der Waals surface area contributed by atoms with Crippen LogP contribution in [0.4, 0.5) is 4.79 Å². The Balaban J connectivity index is 1.38. The highest BCUT2D eigenvalue weighted by Gasteiger charge is 2.33. The molecule has 0 bridgehead atoms. The van der Waals surface area contributed by atoms with Crippen LogP contribution in [0.3, 0.4) is 0 Å². The maximum absolute atomic E-state index is 12.8. The molecule has 0 aromatic heterocycles. The summed E-state index contributed by atoms with van der Waals surface area (Å²) in [5, 5.41) is 14.8. The zero-order valence-electron chi connectivity index (χ0n) is 19.5. The van der Waals surface area contributed by atoms with Gasteiger partial charge in [-0.15, -0.1) is 0 Å².